The number of alkyl carbamates (subject to hydrolysis) is 1. The smallest absolute Gasteiger partial charge is 0.408 e. The number of hydrogen-bond acceptors (Lipinski definition) is 5. The molecule has 0 aromatic rings. The quantitative estimate of drug-likeness (QED) is 0.525. The Balaban J connectivity index is 1.77. The van der Waals surface area contributed by atoms with Crippen molar-refractivity contribution in [3.63, 3.8) is 0 Å². The van der Waals surface area contributed by atoms with Gasteiger partial charge in [-0.05, 0) is 33.0 Å². The zero-order valence-corrected chi connectivity index (χ0v) is 9.70. The molecule has 1 saturated heterocycles. The lowest BCUT2D eigenvalue weighted by Crippen LogP contribution is -2.78. The summed E-state index contributed by atoms with van der Waals surface area (Å²) in [7, 11) is 0. The summed E-state index contributed by atoms with van der Waals surface area (Å²) in [5, 5.41) is 5.89. The minimum Gasteiger partial charge on any atom is -0.444 e. The molecule has 0 saturated carbocycles. The summed E-state index contributed by atoms with van der Waals surface area (Å²) in [5.74, 6) is 0. The summed E-state index contributed by atoms with van der Waals surface area (Å²) >= 11 is 0. The Hall–Kier alpha value is -1.27. The maximum atomic E-state index is 11.5. The molecule has 2 aliphatic heterocycles. The monoisotopic (exact) mass is 226 g/mol. The zero-order valence-electron chi connectivity index (χ0n) is 9.70. The van der Waals surface area contributed by atoms with Gasteiger partial charge in [-0.1, -0.05) is 0 Å². The molecule has 2 aliphatic rings. The predicted molar refractivity (Wildman–Crippen MR) is 59.3 cm³/mol. The van der Waals surface area contributed by atoms with E-state index in [1.807, 2.05) is 33.0 Å². The predicted octanol–water partition coefficient (Wildman–Crippen LogP) is -0.201. The number of amides is 1. The SMILES string of the molecule is CC(C)(C)OC(=O)N[C@H]1NN[C@H]1C1C=CN1. The summed E-state index contributed by atoms with van der Waals surface area (Å²) in [6, 6.07) is 0.429. The average Bonchev–Trinajstić information content (AvgIpc) is 2.02. The van der Waals surface area contributed by atoms with E-state index in [-0.39, 0.29) is 18.2 Å². The van der Waals surface area contributed by atoms with Gasteiger partial charge in [0.15, 0.2) is 0 Å². The first kappa shape index (κ1) is 11.2. The van der Waals surface area contributed by atoms with Gasteiger partial charge in [0.1, 0.15) is 11.8 Å². The lowest BCUT2D eigenvalue weighted by molar-refractivity contribution is 0.0385. The highest BCUT2D eigenvalue weighted by molar-refractivity contribution is 5.68. The van der Waals surface area contributed by atoms with Gasteiger partial charge in [-0.2, -0.15) is 0 Å². The van der Waals surface area contributed by atoms with E-state index < -0.39 is 11.7 Å². The van der Waals surface area contributed by atoms with E-state index in [4.69, 9.17) is 4.74 Å². The van der Waals surface area contributed by atoms with Gasteiger partial charge in [0.2, 0.25) is 0 Å². The average molecular weight is 226 g/mol. The first-order chi connectivity index (χ1) is 7.46. The number of carbonyl (C=O) groups excluding carboxylic acids is 1. The second-order valence-corrected chi connectivity index (χ2v) is 4.99. The van der Waals surface area contributed by atoms with Crippen LogP contribution in [-0.2, 0) is 4.74 Å². The van der Waals surface area contributed by atoms with Crippen molar-refractivity contribution in [3.8, 4) is 0 Å². The summed E-state index contributed by atoms with van der Waals surface area (Å²) < 4.78 is 5.17. The van der Waals surface area contributed by atoms with Crippen LogP contribution in [0.25, 0.3) is 0 Å². The fraction of sp³-hybridized carbons (Fsp3) is 0.700. The van der Waals surface area contributed by atoms with Gasteiger partial charge in [0, 0.05) is 0 Å². The molecule has 16 heavy (non-hydrogen) atoms. The summed E-state index contributed by atoms with van der Waals surface area (Å²) in [6.07, 6.45) is 3.43. The molecule has 2 heterocycles. The Morgan fingerprint density at radius 2 is 2.06 bits per heavy atom. The Bertz CT molecular complexity index is 310. The minimum atomic E-state index is -0.467. The van der Waals surface area contributed by atoms with Crippen LogP contribution in [0, 0.1) is 0 Å². The van der Waals surface area contributed by atoms with Crippen LogP contribution in [0.2, 0.25) is 0 Å². The largest absolute Gasteiger partial charge is 0.444 e. The van der Waals surface area contributed by atoms with Crippen LogP contribution in [0.3, 0.4) is 0 Å². The molecule has 1 amide bonds. The third-order valence-electron chi connectivity index (χ3n) is 2.42. The second-order valence-electron chi connectivity index (χ2n) is 4.99. The van der Waals surface area contributed by atoms with E-state index in [1.165, 1.54) is 0 Å². The molecule has 0 bridgehead atoms. The number of carbonyl (C=O) groups is 1. The van der Waals surface area contributed by atoms with Crippen LogP contribution in [0.5, 0.6) is 0 Å². The zero-order chi connectivity index (χ0) is 11.8. The van der Waals surface area contributed by atoms with Crippen molar-refractivity contribution in [2.45, 2.75) is 44.6 Å². The van der Waals surface area contributed by atoms with Crippen LogP contribution in [0.4, 0.5) is 4.79 Å². The van der Waals surface area contributed by atoms with E-state index >= 15 is 0 Å². The fourth-order valence-corrected chi connectivity index (χ4v) is 1.55. The molecule has 0 aromatic heterocycles. The summed E-state index contributed by atoms with van der Waals surface area (Å²) in [6.45, 7) is 5.52. The molecule has 4 N–H and O–H groups in total. The van der Waals surface area contributed by atoms with Crippen molar-refractivity contribution in [2.24, 2.45) is 0 Å². The molecule has 1 fully saturated rings. The second kappa shape index (κ2) is 3.95. The molecular weight excluding hydrogens is 208 g/mol. The molecule has 3 atom stereocenters. The van der Waals surface area contributed by atoms with Crippen LogP contribution in [0.1, 0.15) is 20.8 Å². The van der Waals surface area contributed by atoms with Crippen LogP contribution >= 0.6 is 0 Å². The van der Waals surface area contributed by atoms with Crippen LogP contribution in [0.15, 0.2) is 12.3 Å². The van der Waals surface area contributed by atoms with Gasteiger partial charge in [-0.3, -0.25) is 0 Å². The third kappa shape index (κ3) is 2.45. The van der Waals surface area contributed by atoms with Gasteiger partial charge >= 0.3 is 6.09 Å². The number of ether oxygens (including phenoxy) is 1. The highest BCUT2D eigenvalue weighted by Crippen LogP contribution is 2.12. The Kier molecular flexibility index (Phi) is 2.77. The van der Waals surface area contributed by atoms with Gasteiger partial charge < -0.3 is 15.4 Å². The Morgan fingerprint density at radius 3 is 2.44 bits per heavy atom. The maximum Gasteiger partial charge on any atom is 0.408 e. The standard InChI is InChI=1S/C10H18N4O2/c1-10(2,3)16-9(15)12-8-7(13-14-8)6-4-5-11-6/h4-8,11,13-14H,1-3H3,(H,12,15)/t6?,7-,8-/m0/s1. The van der Waals surface area contributed by atoms with Crippen molar-refractivity contribution in [3.05, 3.63) is 12.3 Å². The fourth-order valence-electron chi connectivity index (χ4n) is 1.55. The highest BCUT2D eigenvalue weighted by Gasteiger charge is 2.38. The van der Waals surface area contributed by atoms with Gasteiger partial charge in [-0.15, -0.1) is 0 Å². The molecule has 0 aromatic carbocycles. The van der Waals surface area contributed by atoms with Crippen molar-refractivity contribution >= 4 is 6.09 Å². The van der Waals surface area contributed by atoms with Gasteiger partial charge in [0.25, 0.3) is 0 Å². The molecule has 6 nitrogen and oxygen atoms in total. The molecule has 0 spiro atoms. The van der Waals surface area contributed by atoms with E-state index in [1.54, 1.807) is 0 Å². The van der Waals surface area contributed by atoms with Crippen LogP contribution in [-0.4, -0.2) is 29.9 Å². The molecule has 0 radical (unpaired) electrons. The Morgan fingerprint density at radius 1 is 1.38 bits per heavy atom. The van der Waals surface area contributed by atoms with E-state index in [2.05, 4.69) is 21.5 Å². The Labute approximate surface area is 94.8 Å². The number of rotatable bonds is 2. The first-order valence-electron chi connectivity index (χ1n) is 5.39. The lowest BCUT2D eigenvalue weighted by atomic mass is 10.00. The maximum absolute atomic E-state index is 11.5. The number of nitrogens with one attached hydrogen (secondary N) is 4. The molecule has 2 rings (SSSR count). The van der Waals surface area contributed by atoms with Crippen molar-refractivity contribution in [1.29, 1.82) is 0 Å². The summed E-state index contributed by atoms with van der Waals surface area (Å²) in [5.41, 5.74) is 5.49. The van der Waals surface area contributed by atoms with Crippen molar-refractivity contribution < 1.29 is 9.53 Å². The van der Waals surface area contributed by atoms with Crippen molar-refractivity contribution in [2.75, 3.05) is 0 Å². The van der Waals surface area contributed by atoms with Gasteiger partial charge in [-0.25, -0.2) is 15.6 Å². The highest BCUT2D eigenvalue weighted by atomic mass is 16.6. The van der Waals surface area contributed by atoms with Crippen molar-refractivity contribution in [1.82, 2.24) is 21.5 Å². The van der Waals surface area contributed by atoms with Gasteiger partial charge in [0.05, 0.1) is 12.1 Å². The molecule has 1 unspecified atom stereocenters. The van der Waals surface area contributed by atoms with E-state index in [0.29, 0.717) is 0 Å². The normalized spacial score (nSPS) is 32.1. The molecular formula is C10H18N4O2. The lowest BCUT2D eigenvalue weighted by Gasteiger charge is -2.44. The molecule has 6 heteroatoms. The number of hydrogen-bond donors (Lipinski definition) is 4. The molecule has 0 aliphatic carbocycles. The van der Waals surface area contributed by atoms with Crippen LogP contribution < -0.4 is 21.5 Å². The summed E-state index contributed by atoms with van der Waals surface area (Å²) in [4.78, 5) is 11.5. The number of hydrazine groups is 1. The minimum absolute atomic E-state index is 0.0997. The topological polar surface area (TPSA) is 74.4 Å². The van der Waals surface area contributed by atoms with E-state index in [9.17, 15) is 4.79 Å². The van der Waals surface area contributed by atoms with E-state index in [0.717, 1.165) is 0 Å². The molecule has 90 valence electrons. The third-order valence-corrected chi connectivity index (χ3v) is 2.42. The first-order valence-corrected chi connectivity index (χ1v) is 5.39.